The van der Waals surface area contributed by atoms with Gasteiger partial charge >= 0.3 is 0 Å². The molecular weight excluding hydrogens is 351 g/mol. The lowest BCUT2D eigenvalue weighted by molar-refractivity contribution is 0.103. The zero-order valence-corrected chi connectivity index (χ0v) is 15.1. The van der Waals surface area contributed by atoms with Gasteiger partial charge in [0.25, 0.3) is 5.91 Å². The maximum absolute atomic E-state index is 13.0. The van der Waals surface area contributed by atoms with Crippen LogP contribution in [0.2, 0.25) is 0 Å². The Morgan fingerprint density at radius 2 is 1.85 bits per heavy atom. The van der Waals surface area contributed by atoms with Gasteiger partial charge in [0.05, 0.1) is 12.0 Å². The Balaban J connectivity index is 1.95. The average Bonchev–Trinajstić information content (AvgIpc) is 3.07. The van der Waals surface area contributed by atoms with Crippen molar-refractivity contribution in [2.45, 2.75) is 0 Å². The second-order valence-corrected chi connectivity index (χ2v) is 6.69. The highest BCUT2D eigenvalue weighted by molar-refractivity contribution is 7.17. The summed E-state index contributed by atoms with van der Waals surface area (Å²) >= 11 is 1.21. The summed E-state index contributed by atoms with van der Waals surface area (Å²) in [6.45, 7) is 0. The van der Waals surface area contributed by atoms with Gasteiger partial charge in [0.2, 0.25) is 5.13 Å². The highest BCUT2D eigenvalue weighted by Gasteiger charge is 2.19. The Bertz CT molecular complexity index is 920. The summed E-state index contributed by atoms with van der Waals surface area (Å²) < 4.78 is 13.0. The van der Waals surface area contributed by atoms with E-state index < -0.39 is 0 Å². The number of thiazole rings is 1. The fourth-order valence-corrected chi connectivity index (χ4v) is 3.02. The number of hydrogen-bond acceptors (Lipinski definition) is 4. The number of nitrogens with one attached hydrogen (secondary N) is 1. The van der Waals surface area contributed by atoms with Gasteiger partial charge in [-0.3, -0.25) is 4.79 Å². The van der Waals surface area contributed by atoms with Crippen LogP contribution in [0.3, 0.4) is 0 Å². The lowest BCUT2D eigenvalue weighted by Gasteiger charge is -2.05. The Hall–Kier alpha value is -3.06. The molecular formula is C19H17FN4OS. The van der Waals surface area contributed by atoms with Crippen LogP contribution in [0.1, 0.15) is 9.67 Å². The molecule has 1 amide bonds. The third-order valence-corrected chi connectivity index (χ3v) is 4.33. The van der Waals surface area contributed by atoms with Crippen molar-refractivity contribution < 1.29 is 9.18 Å². The molecule has 0 spiro atoms. The van der Waals surface area contributed by atoms with Gasteiger partial charge < -0.3 is 10.2 Å². The molecule has 0 unspecified atom stereocenters. The normalized spacial score (nSPS) is 10.9. The number of amides is 1. The van der Waals surface area contributed by atoms with Crippen molar-refractivity contribution in [3.05, 3.63) is 65.3 Å². The minimum atomic E-state index is -0.355. The molecule has 2 aromatic carbocycles. The smallest absolute Gasteiger partial charge is 0.268 e. The molecule has 1 heterocycles. The van der Waals surface area contributed by atoms with E-state index in [9.17, 15) is 9.18 Å². The van der Waals surface area contributed by atoms with Crippen LogP contribution in [-0.4, -0.2) is 36.2 Å². The number of anilines is 1. The summed E-state index contributed by atoms with van der Waals surface area (Å²) in [5.74, 6) is -0.662. The van der Waals surface area contributed by atoms with Gasteiger partial charge in [-0.1, -0.05) is 41.7 Å². The SMILES string of the molecule is CN(C)C=Nc1nc(-c2ccccc2)c(C(=O)Nc2ccc(F)cc2)s1. The van der Waals surface area contributed by atoms with Crippen LogP contribution in [0.5, 0.6) is 0 Å². The molecule has 0 atom stereocenters. The molecule has 132 valence electrons. The van der Waals surface area contributed by atoms with Gasteiger partial charge in [0.1, 0.15) is 10.7 Å². The van der Waals surface area contributed by atoms with Crippen molar-refractivity contribution in [2.24, 2.45) is 4.99 Å². The van der Waals surface area contributed by atoms with Crippen LogP contribution in [-0.2, 0) is 0 Å². The number of halogens is 1. The van der Waals surface area contributed by atoms with Crippen LogP contribution in [0.4, 0.5) is 15.2 Å². The van der Waals surface area contributed by atoms with E-state index in [0.717, 1.165) is 5.56 Å². The van der Waals surface area contributed by atoms with Crippen molar-refractivity contribution in [3.63, 3.8) is 0 Å². The first kappa shape index (κ1) is 17.8. The largest absolute Gasteiger partial charge is 0.369 e. The monoisotopic (exact) mass is 368 g/mol. The Morgan fingerprint density at radius 3 is 2.50 bits per heavy atom. The number of benzene rings is 2. The number of aromatic nitrogens is 1. The number of hydrogen-bond donors (Lipinski definition) is 1. The fourth-order valence-electron chi connectivity index (χ4n) is 2.20. The molecule has 0 aliphatic rings. The second kappa shape index (κ2) is 7.88. The third-order valence-electron chi connectivity index (χ3n) is 3.37. The van der Waals surface area contributed by atoms with Crippen molar-refractivity contribution in [3.8, 4) is 11.3 Å². The zero-order valence-electron chi connectivity index (χ0n) is 14.3. The number of rotatable bonds is 5. The van der Waals surface area contributed by atoms with Crippen LogP contribution in [0, 0.1) is 5.82 Å². The lowest BCUT2D eigenvalue weighted by atomic mass is 10.1. The Labute approximate surface area is 154 Å². The molecule has 0 bridgehead atoms. The Morgan fingerprint density at radius 1 is 1.15 bits per heavy atom. The van der Waals surface area contributed by atoms with Crippen LogP contribution in [0.25, 0.3) is 11.3 Å². The van der Waals surface area contributed by atoms with Crippen LogP contribution >= 0.6 is 11.3 Å². The summed E-state index contributed by atoms with van der Waals surface area (Å²) in [5, 5.41) is 3.26. The van der Waals surface area contributed by atoms with Gasteiger partial charge in [-0.05, 0) is 24.3 Å². The van der Waals surface area contributed by atoms with Crippen molar-refractivity contribution >= 4 is 34.4 Å². The Kier molecular flexibility index (Phi) is 5.38. The second-order valence-electron chi connectivity index (χ2n) is 5.71. The predicted molar refractivity (Wildman–Crippen MR) is 104 cm³/mol. The van der Waals surface area contributed by atoms with E-state index in [4.69, 9.17) is 0 Å². The maximum Gasteiger partial charge on any atom is 0.268 e. The first-order valence-electron chi connectivity index (χ1n) is 7.87. The van der Waals surface area contributed by atoms with E-state index in [2.05, 4.69) is 15.3 Å². The van der Waals surface area contributed by atoms with E-state index in [1.807, 2.05) is 44.4 Å². The molecule has 1 aromatic heterocycles. The summed E-state index contributed by atoms with van der Waals surface area (Å²) in [5.41, 5.74) is 1.92. The molecule has 0 radical (unpaired) electrons. The van der Waals surface area contributed by atoms with E-state index >= 15 is 0 Å². The van der Waals surface area contributed by atoms with E-state index in [0.29, 0.717) is 21.4 Å². The molecule has 1 N–H and O–H groups in total. The maximum atomic E-state index is 13.0. The molecule has 0 aliphatic carbocycles. The molecule has 0 saturated carbocycles. The van der Waals surface area contributed by atoms with Gasteiger partial charge in [-0.25, -0.2) is 14.4 Å². The number of carbonyl (C=O) groups is 1. The zero-order chi connectivity index (χ0) is 18.5. The quantitative estimate of drug-likeness (QED) is 0.536. The van der Waals surface area contributed by atoms with Gasteiger partial charge in [-0.2, -0.15) is 0 Å². The summed E-state index contributed by atoms with van der Waals surface area (Å²) in [7, 11) is 3.72. The lowest BCUT2D eigenvalue weighted by Crippen LogP contribution is -2.11. The molecule has 3 rings (SSSR count). The van der Waals surface area contributed by atoms with Crippen molar-refractivity contribution in [2.75, 3.05) is 19.4 Å². The van der Waals surface area contributed by atoms with Crippen LogP contribution < -0.4 is 5.32 Å². The average molecular weight is 368 g/mol. The standard InChI is InChI=1S/C19H17FN4OS/c1-24(2)12-21-19-23-16(13-6-4-3-5-7-13)17(26-19)18(25)22-15-10-8-14(20)9-11-15/h3-12H,1-2H3,(H,22,25). The predicted octanol–water partition coefficient (Wildman–Crippen LogP) is 4.42. The van der Waals surface area contributed by atoms with Crippen LogP contribution in [0.15, 0.2) is 59.6 Å². The highest BCUT2D eigenvalue weighted by Crippen LogP contribution is 2.33. The molecule has 0 fully saturated rings. The van der Waals surface area contributed by atoms with E-state index in [1.54, 1.807) is 11.2 Å². The first-order chi connectivity index (χ1) is 12.5. The molecule has 26 heavy (non-hydrogen) atoms. The summed E-state index contributed by atoms with van der Waals surface area (Å²) in [6, 6.07) is 15.1. The highest BCUT2D eigenvalue weighted by atomic mass is 32.1. The summed E-state index contributed by atoms with van der Waals surface area (Å²) in [4.78, 5) is 23.8. The number of carbonyl (C=O) groups excluding carboxylic acids is 1. The first-order valence-corrected chi connectivity index (χ1v) is 8.68. The van der Waals surface area contributed by atoms with E-state index in [-0.39, 0.29) is 11.7 Å². The van der Waals surface area contributed by atoms with Gasteiger partial charge in [0.15, 0.2) is 0 Å². The molecule has 0 saturated heterocycles. The minimum absolute atomic E-state index is 0.306. The number of aliphatic imine (C=N–C) groups is 1. The summed E-state index contributed by atoms with van der Waals surface area (Å²) in [6.07, 6.45) is 1.63. The van der Waals surface area contributed by atoms with Crippen molar-refractivity contribution in [1.82, 2.24) is 9.88 Å². The molecule has 7 heteroatoms. The number of nitrogens with zero attached hydrogens (tertiary/aromatic N) is 3. The minimum Gasteiger partial charge on any atom is -0.369 e. The van der Waals surface area contributed by atoms with Crippen molar-refractivity contribution in [1.29, 1.82) is 0 Å². The van der Waals surface area contributed by atoms with Gasteiger partial charge in [0, 0.05) is 25.3 Å². The molecule has 0 aliphatic heterocycles. The molecule has 3 aromatic rings. The third kappa shape index (κ3) is 4.31. The van der Waals surface area contributed by atoms with Gasteiger partial charge in [-0.15, -0.1) is 0 Å². The fraction of sp³-hybridized carbons (Fsp3) is 0.105. The topological polar surface area (TPSA) is 57.6 Å². The molecule has 5 nitrogen and oxygen atoms in total. The van der Waals surface area contributed by atoms with E-state index in [1.165, 1.54) is 35.6 Å².